The number of carbonyl (C=O) groups excluding carboxylic acids is 1. The number of morpholine rings is 1. The van der Waals surface area contributed by atoms with Crippen LogP contribution in [-0.4, -0.2) is 61.6 Å². The number of piperidine rings is 1. The molecular formula is C19H29N3O2. The minimum absolute atomic E-state index is 0.0291. The first-order chi connectivity index (χ1) is 11.7. The maximum Gasteiger partial charge on any atom is 0.250 e. The van der Waals surface area contributed by atoms with E-state index in [-0.39, 0.29) is 12.0 Å². The third-order valence-corrected chi connectivity index (χ3v) is 4.94. The summed E-state index contributed by atoms with van der Waals surface area (Å²) in [5.74, 6) is -0.0291. The lowest BCUT2D eigenvalue weighted by Gasteiger charge is -2.32. The van der Waals surface area contributed by atoms with Crippen molar-refractivity contribution in [1.82, 2.24) is 15.1 Å². The molecule has 2 heterocycles. The second kappa shape index (κ2) is 8.60. The van der Waals surface area contributed by atoms with E-state index in [1.807, 2.05) is 0 Å². The van der Waals surface area contributed by atoms with E-state index in [4.69, 9.17) is 4.74 Å². The number of hydrogen-bond donors (Lipinski definition) is 1. The van der Waals surface area contributed by atoms with Crippen molar-refractivity contribution in [2.24, 2.45) is 0 Å². The first-order valence-corrected chi connectivity index (χ1v) is 9.10. The van der Waals surface area contributed by atoms with Crippen molar-refractivity contribution < 1.29 is 9.53 Å². The van der Waals surface area contributed by atoms with E-state index >= 15 is 0 Å². The van der Waals surface area contributed by atoms with Gasteiger partial charge in [0.1, 0.15) is 6.10 Å². The Morgan fingerprint density at radius 2 is 1.83 bits per heavy atom. The second-order valence-corrected chi connectivity index (χ2v) is 6.87. The minimum Gasteiger partial charge on any atom is -0.366 e. The number of ether oxygens (including phenoxy) is 1. The van der Waals surface area contributed by atoms with Crippen LogP contribution in [0.4, 0.5) is 0 Å². The molecule has 2 fully saturated rings. The van der Waals surface area contributed by atoms with Gasteiger partial charge in [0, 0.05) is 33.2 Å². The molecule has 24 heavy (non-hydrogen) atoms. The number of likely N-dealkylation sites (tertiary alicyclic amines) is 1. The van der Waals surface area contributed by atoms with E-state index in [9.17, 15) is 4.79 Å². The van der Waals surface area contributed by atoms with Crippen molar-refractivity contribution in [2.75, 3.05) is 39.8 Å². The first-order valence-electron chi connectivity index (χ1n) is 9.10. The molecule has 0 aromatic heterocycles. The standard InChI is InChI=1S/C19H29N3O2/c1-20-19(23)18-15-22(10-11-24-18)14-17-7-5-6-16(12-17)13-21-8-3-2-4-9-21/h5-7,12,18H,2-4,8-11,13-15H2,1H3,(H,20,23). The molecule has 0 spiro atoms. The Hall–Kier alpha value is -1.43. The number of rotatable bonds is 5. The van der Waals surface area contributed by atoms with Gasteiger partial charge in [-0.05, 0) is 37.1 Å². The molecule has 1 amide bonds. The van der Waals surface area contributed by atoms with Gasteiger partial charge in [-0.25, -0.2) is 0 Å². The fourth-order valence-corrected chi connectivity index (χ4v) is 3.63. The molecule has 1 unspecified atom stereocenters. The number of nitrogens with zero attached hydrogens (tertiary/aromatic N) is 2. The Labute approximate surface area is 145 Å². The number of carbonyl (C=O) groups is 1. The van der Waals surface area contributed by atoms with E-state index < -0.39 is 0 Å². The Bertz CT molecular complexity index is 543. The quantitative estimate of drug-likeness (QED) is 0.890. The van der Waals surface area contributed by atoms with E-state index in [1.54, 1.807) is 7.05 Å². The Balaban J connectivity index is 1.56. The lowest BCUT2D eigenvalue weighted by molar-refractivity contribution is -0.138. The molecule has 3 rings (SSSR count). The molecule has 5 heteroatoms. The van der Waals surface area contributed by atoms with Gasteiger partial charge in [0.2, 0.25) is 5.91 Å². The third-order valence-electron chi connectivity index (χ3n) is 4.94. The summed E-state index contributed by atoms with van der Waals surface area (Å²) in [7, 11) is 1.66. The van der Waals surface area contributed by atoms with Crippen LogP contribution in [0.3, 0.4) is 0 Å². The predicted molar refractivity (Wildman–Crippen MR) is 94.7 cm³/mol. The van der Waals surface area contributed by atoms with Crippen molar-refractivity contribution in [3.63, 3.8) is 0 Å². The molecule has 132 valence electrons. The van der Waals surface area contributed by atoms with E-state index in [1.165, 1.54) is 43.5 Å². The zero-order valence-electron chi connectivity index (χ0n) is 14.7. The van der Waals surface area contributed by atoms with Crippen LogP contribution in [0.25, 0.3) is 0 Å². The van der Waals surface area contributed by atoms with Gasteiger partial charge in [0.05, 0.1) is 6.61 Å². The number of hydrogen-bond acceptors (Lipinski definition) is 4. The highest BCUT2D eigenvalue weighted by Gasteiger charge is 2.25. The lowest BCUT2D eigenvalue weighted by Crippen LogP contribution is -2.48. The largest absolute Gasteiger partial charge is 0.366 e. The molecule has 1 aromatic rings. The SMILES string of the molecule is CNC(=O)C1CN(Cc2cccc(CN3CCCCC3)c2)CCO1. The fourth-order valence-electron chi connectivity index (χ4n) is 3.63. The zero-order chi connectivity index (χ0) is 16.8. The smallest absolute Gasteiger partial charge is 0.250 e. The van der Waals surface area contributed by atoms with Crippen LogP contribution < -0.4 is 5.32 Å². The molecular weight excluding hydrogens is 302 g/mol. The summed E-state index contributed by atoms with van der Waals surface area (Å²) in [6.45, 7) is 6.54. The highest BCUT2D eigenvalue weighted by atomic mass is 16.5. The molecule has 1 N–H and O–H groups in total. The molecule has 1 atom stereocenters. The maximum absolute atomic E-state index is 11.8. The van der Waals surface area contributed by atoms with Crippen LogP contribution in [0, 0.1) is 0 Å². The van der Waals surface area contributed by atoms with Crippen molar-refractivity contribution in [3.05, 3.63) is 35.4 Å². The van der Waals surface area contributed by atoms with E-state index in [0.29, 0.717) is 13.2 Å². The van der Waals surface area contributed by atoms with Crippen molar-refractivity contribution in [1.29, 1.82) is 0 Å². The summed E-state index contributed by atoms with van der Waals surface area (Å²) in [6.07, 6.45) is 3.68. The van der Waals surface area contributed by atoms with Crippen molar-refractivity contribution in [3.8, 4) is 0 Å². The molecule has 0 bridgehead atoms. The van der Waals surface area contributed by atoms with E-state index in [0.717, 1.165) is 19.6 Å². The summed E-state index contributed by atoms with van der Waals surface area (Å²) in [5, 5.41) is 2.68. The van der Waals surface area contributed by atoms with Gasteiger partial charge in [-0.2, -0.15) is 0 Å². The molecule has 0 saturated carbocycles. The molecule has 2 aliphatic heterocycles. The normalized spacial score (nSPS) is 23.1. The maximum atomic E-state index is 11.8. The van der Waals surface area contributed by atoms with E-state index in [2.05, 4.69) is 39.4 Å². The van der Waals surface area contributed by atoms with Crippen LogP contribution in [0.2, 0.25) is 0 Å². The number of likely N-dealkylation sites (N-methyl/N-ethyl adjacent to an activating group) is 1. The Kier molecular flexibility index (Phi) is 6.24. The van der Waals surface area contributed by atoms with Gasteiger partial charge in [-0.15, -0.1) is 0 Å². The Morgan fingerprint density at radius 1 is 1.12 bits per heavy atom. The van der Waals surface area contributed by atoms with Crippen LogP contribution in [0.5, 0.6) is 0 Å². The second-order valence-electron chi connectivity index (χ2n) is 6.87. The van der Waals surface area contributed by atoms with Gasteiger partial charge >= 0.3 is 0 Å². The van der Waals surface area contributed by atoms with Gasteiger partial charge in [-0.3, -0.25) is 14.6 Å². The zero-order valence-corrected chi connectivity index (χ0v) is 14.7. The first kappa shape index (κ1) is 17.4. The van der Waals surface area contributed by atoms with Crippen LogP contribution in [0.1, 0.15) is 30.4 Å². The highest BCUT2D eigenvalue weighted by molar-refractivity contribution is 5.80. The summed E-state index contributed by atoms with van der Waals surface area (Å²) >= 11 is 0. The average Bonchev–Trinajstić information content (AvgIpc) is 2.62. The molecule has 5 nitrogen and oxygen atoms in total. The molecule has 2 aliphatic rings. The topological polar surface area (TPSA) is 44.8 Å². The van der Waals surface area contributed by atoms with Gasteiger partial charge in [0.15, 0.2) is 0 Å². The van der Waals surface area contributed by atoms with Gasteiger partial charge in [-0.1, -0.05) is 30.7 Å². The molecule has 0 radical (unpaired) electrons. The Morgan fingerprint density at radius 3 is 2.54 bits per heavy atom. The summed E-state index contributed by atoms with van der Waals surface area (Å²) < 4.78 is 5.56. The van der Waals surface area contributed by atoms with Crippen molar-refractivity contribution >= 4 is 5.91 Å². The van der Waals surface area contributed by atoms with Gasteiger partial charge in [0.25, 0.3) is 0 Å². The minimum atomic E-state index is -0.347. The predicted octanol–water partition coefficient (Wildman–Crippen LogP) is 1.62. The molecule has 0 aliphatic carbocycles. The van der Waals surface area contributed by atoms with Crippen LogP contribution >= 0.6 is 0 Å². The van der Waals surface area contributed by atoms with Crippen molar-refractivity contribution in [2.45, 2.75) is 38.5 Å². The lowest BCUT2D eigenvalue weighted by atomic mass is 10.1. The number of benzene rings is 1. The molecule has 2 saturated heterocycles. The third kappa shape index (κ3) is 4.79. The summed E-state index contributed by atoms with van der Waals surface area (Å²) in [6, 6.07) is 8.89. The highest BCUT2D eigenvalue weighted by Crippen LogP contribution is 2.16. The van der Waals surface area contributed by atoms with Crippen LogP contribution in [-0.2, 0) is 22.6 Å². The number of amides is 1. The number of nitrogens with one attached hydrogen (secondary N) is 1. The average molecular weight is 331 g/mol. The monoisotopic (exact) mass is 331 g/mol. The van der Waals surface area contributed by atoms with Crippen LogP contribution in [0.15, 0.2) is 24.3 Å². The van der Waals surface area contributed by atoms with Gasteiger partial charge < -0.3 is 10.1 Å². The summed E-state index contributed by atoms with van der Waals surface area (Å²) in [4.78, 5) is 16.6. The summed E-state index contributed by atoms with van der Waals surface area (Å²) in [5.41, 5.74) is 2.72. The fraction of sp³-hybridized carbons (Fsp3) is 0.632. The molecule has 1 aromatic carbocycles.